The number of aromatic nitrogens is 2. The first kappa shape index (κ1) is 12.1. The molecule has 2 rings (SSSR count). The molecule has 3 nitrogen and oxygen atoms in total. The summed E-state index contributed by atoms with van der Waals surface area (Å²) in [4.78, 5) is 0.991. The van der Waals surface area contributed by atoms with Crippen LogP contribution in [0.25, 0.3) is 0 Å². The van der Waals surface area contributed by atoms with Crippen molar-refractivity contribution in [3.05, 3.63) is 34.0 Å². The molecule has 0 aromatic carbocycles. The number of nitrogens with zero attached hydrogens (tertiary/aromatic N) is 2. The van der Waals surface area contributed by atoms with Crippen molar-refractivity contribution in [3.63, 3.8) is 0 Å². The topological polar surface area (TPSA) is 29.9 Å². The lowest BCUT2D eigenvalue weighted by molar-refractivity contribution is 0.598. The molecule has 0 atom stereocenters. The molecule has 17 heavy (non-hydrogen) atoms. The van der Waals surface area contributed by atoms with Gasteiger partial charge in [0, 0.05) is 24.2 Å². The summed E-state index contributed by atoms with van der Waals surface area (Å²) in [5.74, 6) is 0. The highest BCUT2D eigenvalue weighted by Gasteiger charge is 2.05. The fraction of sp³-hybridized carbons (Fsp3) is 0.417. The van der Waals surface area contributed by atoms with Crippen molar-refractivity contribution in [2.24, 2.45) is 0 Å². The molecule has 0 fully saturated rings. The van der Waals surface area contributed by atoms with Gasteiger partial charge in [-0.15, -0.1) is 11.3 Å². The lowest BCUT2D eigenvalue weighted by atomic mass is 10.4. The molecule has 0 aliphatic heterocycles. The van der Waals surface area contributed by atoms with E-state index in [1.807, 2.05) is 17.8 Å². The molecule has 0 saturated heterocycles. The Hall–Kier alpha value is -1.36. The Morgan fingerprint density at radius 3 is 2.94 bits per heavy atom. The predicted molar refractivity (Wildman–Crippen MR) is 68.9 cm³/mol. The molecule has 0 saturated carbocycles. The third-order valence-electron chi connectivity index (χ3n) is 2.48. The van der Waals surface area contributed by atoms with Crippen LogP contribution in [0.15, 0.2) is 18.3 Å². The van der Waals surface area contributed by atoms with Crippen molar-refractivity contribution in [3.8, 4) is 0 Å². The van der Waals surface area contributed by atoms with Gasteiger partial charge in [0.25, 0.3) is 0 Å². The minimum atomic E-state index is -0.139. The van der Waals surface area contributed by atoms with Crippen LogP contribution in [0.2, 0.25) is 0 Å². The Morgan fingerprint density at radius 2 is 2.29 bits per heavy atom. The van der Waals surface area contributed by atoms with Crippen LogP contribution in [-0.4, -0.2) is 9.78 Å². The maximum Gasteiger partial charge on any atom is 0.176 e. The van der Waals surface area contributed by atoms with E-state index < -0.39 is 0 Å². The first-order chi connectivity index (χ1) is 8.19. The highest BCUT2D eigenvalue weighted by Crippen LogP contribution is 2.18. The second kappa shape index (κ2) is 5.31. The molecule has 0 aliphatic rings. The maximum absolute atomic E-state index is 12.8. The van der Waals surface area contributed by atoms with Gasteiger partial charge in [-0.05, 0) is 25.5 Å². The lowest BCUT2D eigenvalue weighted by Gasteiger charge is -2.01. The summed E-state index contributed by atoms with van der Waals surface area (Å²) in [6.07, 6.45) is 3.07. The summed E-state index contributed by atoms with van der Waals surface area (Å²) in [5, 5.41) is 7.54. The van der Waals surface area contributed by atoms with E-state index in [4.69, 9.17) is 0 Å². The van der Waals surface area contributed by atoms with Gasteiger partial charge in [0.05, 0.1) is 11.4 Å². The maximum atomic E-state index is 12.8. The van der Waals surface area contributed by atoms with Gasteiger partial charge >= 0.3 is 0 Å². The first-order valence-electron chi connectivity index (χ1n) is 5.71. The summed E-state index contributed by atoms with van der Waals surface area (Å²) < 4.78 is 14.7. The minimum Gasteiger partial charge on any atom is -0.377 e. The van der Waals surface area contributed by atoms with E-state index in [0.717, 1.165) is 29.2 Å². The molecule has 2 aromatic heterocycles. The summed E-state index contributed by atoms with van der Waals surface area (Å²) in [5.41, 5.74) is 2.00. The van der Waals surface area contributed by atoms with Gasteiger partial charge in [0.15, 0.2) is 5.13 Å². The fourth-order valence-corrected chi connectivity index (χ4v) is 2.33. The largest absolute Gasteiger partial charge is 0.377 e. The quantitative estimate of drug-likeness (QED) is 0.885. The molecule has 0 aliphatic carbocycles. The first-order valence-corrected chi connectivity index (χ1v) is 6.53. The van der Waals surface area contributed by atoms with Crippen molar-refractivity contribution < 1.29 is 4.39 Å². The third-order valence-corrected chi connectivity index (χ3v) is 3.35. The third kappa shape index (κ3) is 3.06. The van der Waals surface area contributed by atoms with Crippen LogP contribution in [0, 0.1) is 12.1 Å². The van der Waals surface area contributed by atoms with Crippen LogP contribution in [0.3, 0.4) is 0 Å². The SMILES string of the molecule is CCCn1cc(NCc2ccc(F)s2)c(C)n1. The van der Waals surface area contributed by atoms with Crippen LogP contribution in [0.4, 0.5) is 10.1 Å². The Morgan fingerprint density at radius 1 is 1.47 bits per heavy atom. The summed E-state index contributed by atoms with van der Waals surface area (Å²) in [7, 11) is 0. The molecular weight excluding hydrogens is 237 g/mol. The molecule has 92 valence electrons. The van der Waals surface area contributed by atoms with Gasteiger partial charge in [-0.25, -0.2) is 0 Å². The van der Waals surface area contributed by atoms with E-state index >= 15 is 0 Å². The number of anilines is 1. The highest BCUT2D eigenvalue weighted by molar-refractivity contribution is 7.10. The molecule has 2 aromatic rings. The van der Waals surface area contributed by atoms with Crippen molar-refractivity contribution in [2.75, 3.05) is 5.32 Å². The zero-order valence-corrected chi connectivity index (χ0v) is 10.9. The van der Waals surface area contributed by atoms with E-state index in [1.54, 1.807) is 6.07 Å². The van der Waals surface area contributed by atoms with Crippen LogP contribution in [-0.2, 0) is 13.1 Å². The average molecular weight is 253 g/mol. The Labute approximate surface area is 104 Å². The normalized spacial score (nSPS) is 10.8. The molecule has 0 spiro atoms. The van der Waals surface area contributed by atoms with E-state index in [0.29, 0.717) is 6.54 Å². The van der Waals surface area contributed by atoms with Crippen LogP contribution >= 0.6 is 11.3 Å². The number of hydrogen-bond donors (Lipinski definition) is 1. The fourth-order valence-electron chi connectivity index (χ4n) is 1.66. The number of thiophene rings is 1. The minimum absolute atomic E-state index is 0.139. The van der Waals surface area contributed by atoms with Crippen molar-refractivity contribution in [2.45, 2.75) is 33.4 Å². The molecule has 0 radical (unpaired) electrons. The van der Waals surface area contributed by atoms with Gasteiger partial charge in [-0.2, -0.15) is 9.49 Å². The summed E-state index contributed by atoms with van der Waals surface area (Å²) >= 11 is 1.17. The standard InChI is InChI=1S/C12H16FN3S/c1-3-6-16-8-11(9(2)15-16)14-7-10-4-5-12(13)17-10/h4-5,8,14H,3,6-7H2,1-2H3. The zero-order chi connectivity index (χ0) is 12.3. The summed E-state index contributed by atoms with van der Waals surface area (Å²) in [6, 6.07) is 3.30. The van der Waals surface area contributed by atoms with E-state index in [2.05, 4.69) is 17.3 Å². The molecular formula is C12H16FN3S. The zero-order valence-electron chi connectivity index (χ0n) is 10.0. The van der Waals surface area contributed by atoms with Crippen LogP contribution < -0.4 is 5.32 Å². The lowest BCUT2D eigenvalue weighted by Crippen LogP contribution is -1.97. The number of rotatable bonds is 5. The molecule has 0 amide bonds. The van der Waals surface area contributed by atoms with Crippen LogP contribution in [0.1, 0.15) is 23.9 Å². The predicted octanol–water partition coefficient (Wildman–Crippen LogP) is 3.41. The molecule has 5 heteroatoms. The second-order valence-corrected chi connectivity index (χ2v) is 5.07. The van der Waals surface area contributed by atoms with Gasteiger partial charge in [-0.3, -0.25) is 4.68 Å². The number of aryl methyl sites for hydroxylation is 2. The van der Waals surface area contributed by atoms with Gasteiger partial charge < -0.3 is 5.32 Å². The monoisotopic (exact) mass is 253 g/mol. The number of halogens is 1. The van der Waals surface area contributed by atoms with Gasteiger partial charge in [-0.1, -0.05) is 6.92 Å². The number of nitrogens with one attached hydrogen (secondary N) is 1. The van der Waals surface area contributed by atoms with Gasteiger partial charge in [0.1, 0.15) is 0 Å². The average Bonchev–Trinajstić information content (AvgIpc) is 2.83. The second-order valence-electron chi connectivity index (χ2n) is 3.95. The highest BCUT2D eigenvalue weighted by atomic mass is 32.1. The van der Waals surface area contributed by atoms with Crippen molar-refractivity contribution in [1.82, 2.24) is 9.78 Å². The molecule has 0 bridgehead atoms. The van der Waals surface area contributed by atoms with E-state index in [9.17, 15) is 4.39 Å². The summed E-state index contributed by atoms with van der Waals surface area (Å²) in [6.45, 7) is 5.67. The van der Waals surface area contributed by atoms with Crippen molar-refractivity contribution in [1.29, 1.82) is 0 Å². The Bertz CT molecular complexity index is 490. The Kier molecular flexibility index (Phi) is 3.78. The van der Waals surface area contributed by atoms with Crippen molar-refractivity contribution >= 4 is 17.0 Å². The van der Waals surface area contributed by atoms with E-state index in [-0.39, 0.29) is 5.13 Å². The van der Waals surface area contributed by atoms with Gasteiger partial charge in [0.2, 0.25) is 0 Å². The smallest absolute Gasteiger partial charge is 0.176 e. The van der Waals surface area contributed by atoms with E-state index in [1.165, 1.54) is 17.4 Å². The molecule has 2 heterocycles. The number of hydrogen-bond acceptors (Lipinski definition) is 3. The Balaban J connectivity index is 1.98. The molecule has 1 N–H and O–H groups in total. The molecule has 0 unspecified atom stereocenters. The van der Waals surface area contributed by atoms with Crippen LogP contribution in [0.5, 0.6) is 0 Å².